The van der Waals surface area contributed by atoms with Gasteiger partial charge in [0.15, 0.2) is 5.76 Å². The lowest BCUT2D eigenvalue weighted by molar-refractivity contribution is -0.115. The van der Waals surface area contributed by atoms with E-state index in [2.05, 4.69) is 10.6 Å². The monoisotopic (exact) mass is 398 g/mol. The lowest BCUT2D eigenvalue weighted by atomic mass is 10.2. The maximum Gasteiger partial charge on any atom is 0.291 e. The van der Waals surface area contributed by atoms with Gasteiger partial charge in [0.1, 0.15) is 5.82 Å². The summed E-state index contributed by atoms with van der Waals surface area (Å²) in [6, 6.07) is 16.5. The second kappa shape index (κ2) is 9.23. The SMILES string of the molecule is CCC(Sc1cccc(NC(=O)c2ccco2)c1)C(=O)Nc1ccccc1F. The highest BCUT2D eigenvalue weighted by Crippen LogP contribution is 2.29. The Balaban J connectivity index is 1.66. The maximum atomic E-state index is 13.8. The molecule has 5 nitrogen and oxygen atoms in total. The molecule has 1 heterocycles. The van der Waals surface area contributed by atoms with Crippen molar-refractivity contribution < 1.29 is 18.4 Å². The van der Waals surface area contributed by atoms with Gasteiger partial charge >= 0.3 is 0 Å². The Morgan fingerprint density at radius 1 is 1.07 bits per heavy atom. The highest BCUT2D eigenvalue weighted by atomic mass is 32.2. The molecule has 28 heavy (non-hydrogen) atoms. The topological polar surface area (TPSA) is 71.3 Å². The van der Waals surface area contributed by atoms with Crippen LogP contribution in [0.15, 0.2) is 76.2 Å². The molecule has 0 spiro atoms. The summed E-state index contributed by atoms with van der Waals surface area (Å²) in [5.41, 5.74) is 0.752. The minimum absolute atomic E-state index is 0.158. The standard InChI is InChI=1S/C21H19FN2O3S/c1-2-19(21(26)24-17-10-4-3-9-16(17)22)28-15-8-5-7-14(13-15)23-20(25)18-11-6-12-27-18/h3-13,19H,2H2,1H3,(H,23,25)(H,24,26). The normalized spacial score (nSPS) is 11.6. The van der Waals surface area contributed by atoms with Gasteiger partial charge < -0.3 is 15.1 Å². The lowest BCUT2D eigenvalue weighted by Gasteiger charge is -2.15. The summed E-state index contributed by atoms with van der Waals surface area (Å²) < 4.78 is 18.8. The first-order valence-corrected chi connectivity index (χ1v) is 9.61. The van der Waals surface area contributed by atoms with E-state index in [0.29, 0.717) is 12.1 Å². The van der Waals surface area contributed by atoms with E-state index in [-0.39, 0.29) is 23.3 Å². The molecule has 7 heteroatoms. The van der Waals surface area contributed by atoms with E-state index in [1.54, 1.807) is 42.5 Å². The van der Waals surface area contributed by atoms with Gasteiger partial charge in [-0.1, -0.05) is 25.1 Å². The Bertz CT molecular complexity index is 960. The number of carbonyl (C=O) groups excluding carboxylic acids is 2. The van der Waals surface area contributed by atoms with Gasteiger partial charge in [0.05, 0.1) is 17.2 Å². The van der Waals surface area contributed by atoms with Crippen LogP contribution in [0, 0.1) is 5.82 Å². The molecule has 2 N–H and O–H groups in total. The highest BCUT2D eigenvalue weighted by Gasteiger charge is 2.19. The molecule has 0 bridgehead atoms. The van der Waals surface area contributed by atoms with Gasteiger partial charge in [0, 0.05) is 10.6 Å². The average molecular weight is 398 g/mol. The third-order valence-electron chi connectivity index (χ3n) is 3.91. The molecule has 0 radical (unpaired) electrons. The number of benzene rings is 2. The predicted octanol–water partition coefficient (Wildman–Crippen LogP) is 5.18. The van der Waals surface area contributed by atoms with Gasteiger partial charge in [0.25, 0.3) is 5.91 Å². The molecule has 1 atom stereocenters. The first kappa shape index (κ1) is 19.7. The molecule has 0 aliphatic carbocycles. The van der Waals surface area contributed by atoms with Gasteiger partial charge in [0.2, 0.25) is 5.91 Å². The van der Waals surface area contributed by atoms with Gasteiger partial charge in [-0.2, -0.15) is 0 Å². The lowest BCUT2D eigenvalue weighted by Crippen LogP contribution is -2.25. The number of rotatable bonds is 7. The minimum Gasteiger partial charge on any atom is -0.459 e. The van der Waals surface area contributed by atoms with Gasteiger partial charge in [-0.15, -0.1) is 11.8 Å². The molecule has 2 amide bonds. The third-order valence-corrected chi connectivity index (χ3v) is 5.27. The number of thioether (sulfide) groups is 1. The number of hydrogen-bond acceptors (Lipinski definition) is 4. The Morgan fingerprint density at radius 2 is 1.89 bits per heavy atom. The van der Waals surface area contributed by atoms with E-state index in [9.17, 15) is 14.0 Å². The zero-order chi connectivity index (χ0) is 19.9. The largest absolute Gasteiger partial charge is 0.459 e. The molecule has 0 aliphatic rings. The van der Waals surface area contributed by atoms with Crippen LogP contribution in [0.1, 0.15) is 23.9 Å². The van der Waals surface area contributed by atoms with Crippen molar-refractivity contribution in [2.75, 3.05) is 10.6 Å². The van der Waals surface area contributed by atoms with E-state index in [0.717, 1.165) is 4.90 Å². The number of amides is 2. The second-order valence-electron chi connectivity index (χ2n) is 5.94. The predicted molar refractivity (Wildman–Crippen MR) is 108 cm³/mol. The number of carbonyl (C=O) groups is 2. The number of hydrogen-bond donors (Lipinski definition) is 2. The van der Waals surface area contributed by atoms with Crippen LogP contribution >= 0.6 is 11.8 Å². The molecule has 0 saturated carbocycles. The summed E-state index contributed by atoms with van der Waals surface area (Å²) in [4.78, 5) is 25.4. The van der Waals surface area contributed by atoms with Crippen molar-refractivity contribution in [2.45, 2.75) is 23.5 Å². The second-order valence-corrected chi connectivity index (χ2v) is 7.22. The molecule has 3 rings (SSSR count). The van der Waals surface area contributed by atoms with Crippen LogP contribution in [0.25, 0.3) is 0 Å². The first-order chi connectivity index (χ1) is 13.6. The van der Waals surface area contributed by atoms with Crippen LogP contribution in [0.2, 0.25) is 0 Å². The molecule has 0 fully saturated rings. The van der Waals surface area contributed by atoms with Crippen LogP contribution in [-0.4, -0.2) is 17.1 Å². The van der Waals surface area contributed by atoms with E-state index in [4.69, 9.17) is 4.42 Å². The van der Waals surface area contributed by atoms with Crippen molar-refractivity contribution in [3.63, 3.8) is 0 Å². The van der Waals surface area contributed by atoms with E-state index < -0.39 is 11.1 Å². The zero-order valence-electron chi connectivity index (χ0n) is 15.1. The van der Waals surface area contributed by atoms with Crippen molar-refractivity contribution in [1.82, 2.24) is 0 Å². The van der Waals surface area contributed by atoms with E-state index in [1.165, 1.54) is 30.2 Å². The Hall–Kier alpha value is -3.06. The number of halogens is 1. The summed E-state index contributed by atoms with van der Waals surface area (Å²) in [5.74, 6) is -0.883. The van der Waals surface area contributed by atoms with E-state index >= 15 is 0 Å². The van der Waals surface area contributed by atoms with Crippen molar-refractivity contribution in [3.05, 3.63) is 78.5 Å². The fraction of sp³-hybridized carbons (Fsp3) is 0.143. The summed E-state index contributed by atoms with van der Waals surface area (Å²) in [6.45, 7) is 1.89. The van der Waals surface area contributed by atoms with Gasteiger partial charge in [-0.3, -0.25) is 9.59 Å². The average Bonchev–Trinajstić information content (AvgIpc) is 3.23. The van der Waals surface area contributed by atoms with Gasteiger partial charge in [-0.05, 0) is 48.9 Å². The molecular weight excluding hydrogens is 379 g/mol. The molecule has 3 aromatic rings. The molecule has 0 saturated heterocycles. The summed E-state index contributed by atoms with van der Waals surface area (Å²) in [6.07, 6.45) is 2.00. The highest BCUT2D eigenvalue weighted by molar-refractivity contribution is 8.00. The summed E-state index contributed by atoms with van der Waals surface area (Å²) in [7, 11) is 0. The number of anilines is 2. The van der Waals surface area contributed by atoms with Crippen LogP contribution in [0.4, 0.5) is 15.8 Å². The summed E-state index contributed by atoms with van der Waals surface area (Å²) in [5, 5.41) is 4.98. The first-order valence-electron chi connectivity index (χ1n) is 8.73. The van der Waals surface area contributed by atoms with Crippen molar-refractivity contribution in [2.24, 2.45) is 0 Å². The zero-order valence-corrected chi connectivity index (χ0v) is 16.0. The van der Waals surface area contributed by atoms with Crippen molar-refractivity contribution in [1.29, 1.82) is 0 Å². The smallest absolute Gasteiger partial charge is 0.291 e. The molecule has 144 valence electrons. The molecule has 0 aliphatic heterocycles. The van der Waals surface area contributed by atoms with Gasteiger partial charge in [-0.25, -0.2) is 4.39 Å². The third kappa shape index (κ3) is 5.01. The molecule has 2 aromatic carbocycles. The number of furan rings is 1. The van der Waals surface area contributed by atoms with Crippen molar-refractivity contribution in [3.8, 4) is 0 Å². The van der Waals surface area contributed by atoms with Crippen LogP contribution in [-0.2, 0) is 4.79 Å². The Labute approximate surface area is 166 Å². The fourth-order valence-corrected chi connectivity index (χ4v) is 3.52. The minimum atomic E-state index is -0.474. The van der Waals surface area contributed by atoms with Crippen LogP contribution in [0.3, 0.4) is 0 Å². The molecule has 1 aromatic heterocycles. The van der Waals surface area contributed by atoms with Crippen LogP contribution in [0.5, 0.6) is 0 Å². The number of nitrogens with one attached hydrogen (secondary N) is 2. The van der Waals surface area contributed by atoms with E-state index in [1.807, 2.05) is 13.0 Å². The summed E-state index contributed by atoms with van der Waals surface area (Å²) >= 11 is 1.35. The maximum absolute atomic E-state index is 13.8. The fourth-order valence-electron chi connectivity index (χ4n) is 2.51. The Morgan fingerprint density at radius 3 is 2.61 bits per heavy atom. The Kier molecular flexibility index (Phi) is 6.49. The molecule has 1 unspecified atom stereocenters. The van der Waals surface area contributed by atoms with Crippen LogP contribution < -0.4 is 10.6 Å². The molecular formula is C21H19FN2O3S. The van der Waals surface area contributed by atoms with Crippen molar-refractivity contribution >= 4 is 35.0 Å². The number of para-hydroxylation sites is 1. The quantitative estimate of drug-likeness (QED) is 0.538.